The van der Waals surface area contributed by atoms with Crippen LogP contribution in [0.1, 0.15) is 52.4 Å². The molecule has 0 spiro atoms. The third-order valence-electron chi connectivity index (χ3n) is 3.62. The molecule has 0 saturated heterocycles. The first-order valence-electron chi connectivity index (χ1n) is 9.23. The van der Waals surface area contributed by atoms with Gasteiger partial charge in [-0.2, -0.15) is 0 Å². The first-order chi connectivity index (χ1) is 11.3. The van der Waals surface area contributed by atoms with Crippen molar-refractivity contribution in [3.8, 4) is 0 Å². The fraction of sp³-hybridized carbons (Fsp3) is 1.00. The second-order valence-electron chi connectivity index (χ2n) is 5.92. The highest BCUT2D eigenvalue weighted by Gasteiger charge is 2.00. The second-order valence-corrected chi connectivity index (χ2v) is 5.92. The van der Waals surface area contributed by atoms with Crippen LogP contribution in [0.25, 0.3) is 0 Å². The first-order valence-corrected chi connectivity index (χ1v) is 9.23. The number of hydrogen-bond acceptors (Lipinski definition) is 5. The Labute approximate surface area is 142 Å². The van der Waals surface area contributed by atoms with Crippen molar-refractivity contribution in [2.24, 2.45) is 5.92 Å². The quantitative estimate of drug-likeness (QED) is 0.368. The van der Waals surface area contributed by atoms with Crippen LogP contribution in [0, 0.1) is 5.92 Å². The summed E-state index contributed by atoms with van der Waals surface area (Å²) in [6, 6.07) is 0. The monoisotopic (exact) mass is 334 g/mol. The molecule has 0 heterocycles. The van der Waals surface area contributed by atoms with Gasteiger partial charge in [0.2, 0.25) is 0 Å². The van der Waals surface area contributed by atoms with Crippen molar-refractivity contribution in [2.75, 3.05) is 59.5 Å². The molecule has 0 aromatic heterocycles. The lowest BCUT2D eigenvalue weighted by atomic mass is 9.99. The highest BCUT2D eigenvalue weighted by molar-refractivity contribution is 4.52. The second kappa shape index (κ2) is 19.8. The summed E-state index contributed by atoms with van der Waals surface area (Å²) in [6.07, 6.45) is 7.74. The van der Waals surface area contributed by atoms with E-state index in [0.29, 0.717) is 46.2 Å². The largest absolute Gasteiger partial charge is 0.394 e. The minimum absolute atomic E-state index is 0.0566. The predicted octanol–water partition coefficient (Wildman–Crippen LogP) is 3.04. The highest BCUT2D eigenvalue weighted by Crippen LogP contribution is 2.14. The van der Waals surface area contributed by atoms with E-state index in [-0.39, 0.29) is 6.61 Å². The Kier molecular flexibility index (Phi) is 19.7. The Morgan fingerprint density at radius 1 is 0.652 bits per heavy atom. The van der Waals surface area contributed by atoms with Gasteiger partial charge < -0.3 is 24.1 Å². The van der Waals surface area contributed by atoms with Crippen LogP contribution < -0.4 is 0 Å². The molecule has 0 aliphatic rings. The van der Waals surface area contributed by atoms with Gasteiger partial charge in [-0.25, -0.2) is 0 Å². The number of hydrogen-bond donors (Lipinski definition) is 1. The number of rotatable bonds is 19. The van der Waals surface area contributed by atoms with Crippen molar-refractivity contribution in [1.82, 2.24) is 0 Å². The van der Waals surface area contributed by atoms with Gasteiger partial charge >= 0.3 is 0 Å². The van der Waals surface area contributed by atoms with Crippen molar-refractivity contribution in [3.63, 3.8) is 0 Å². The Bertz CT molecular complexity index is 214. The Morgan fingerprint density at radius 3 is 1.70 bits per heavy atom. The van der Waals surface area contributed by atoms with E-state index >= 15 is 0 Å². The molecule has 0 aliphatic heterocycles. The van der Waals surface area contributed by atoms with Gasteiger partial charge in [-0.15, -0.1) is 0 Å². The molecule has 0 amide bonds. The Morgan fingerprint density at radius 2 is 1.17 bits per heavy atom. The smallest absolute Gasteiger partial charge is 0.0701 e. The van der Waals surface area contributed by atoms with Gasteiger partial charge in [-0.3, -0.25) is 0 Å². The molecule has 1 atom stereocenters. The predicted molar refractivity (Wildman–Crippen MR) is 92.9 cm³/mol. The number of ether oxygens (including phenoxy) is 4. The maximum atomic E-state index is 8.51. The van der Waals surface area contributed by atoms with Crippen LogP contribution in [-0.4, -0.2) is 64.6 Å². The van der Waals surface area contributed by atoms with Crippen LogP contribution in [0.2, 0.25) is 0 Å². The van der Waals surface area contributed by atoms with Crippen LogP contribution in [0.15, 0.2) is 0 Å². The molecule has 0 bridgehead atoms. The zero-order valence-corrected chi connectivity index (χ0v) is 15.3. The van der Waals surface area contributed by atoms with Gasteiger partial charge in [-0.05, 0) is 12.3 Å². The summed E-state index contributed by atoms with van der Waals surface area (Å²) in [4.78, 5) is 0. The minimum atomic E-state index is 0.0566. The molecule has 0 rings (SSSR count). The summed E-state index contributed by atoms with van der Waals surface area (Å²) in [5, 5.41) is 8.51. The number of aliphatic hydroxyl groups is 1. The van der Waals surface area contributed by atoms with Crippen molar-refractivity contribution in [1.29, 1.82) is 0 Å². The van der Waals surface area contributed by atoms with Gasteiger partial charge in [0.05, 0.1) is 52.9 Å². The summed E-state index contributed by atoms with van der Waals surface area (Å²) in [6.45, 7) is 9.36. The Balaban J connectivity index is 3.00. The zero-order chi connectivity index (χ0) is 17.0. The van der Waals surface area contributed by atoms with Crippen LogP contribution >= 0.6 is 0 Å². The summed E-state index contributed by atoms with van der Waals surface area (Å²) in [5.74, 6) is 0.873. The fourth-order valence-corrected chi connectivity index (χ4v) is 2.34. The van der Waals surface area contributed by atoms with Crippen LogP contribution in [-0.2, 0) is 18.9 Å². The van der Waals surface area contributed by atoms with E-state index in [1.165, 1.54) is 32.1 Å². The van der Waals surface area contributed by atoms with Gasteiger partial charge in [0.15, 0.2) is 0 Å². The molecule has 0 aromatic rings. The summed E-state index contributed by atoms with van der Waals surface area (Å²) < 4.78 is 21.4. The molecular formula is C18H38O5. The molecule has 23 heavy (non-hydrogen) atoms. The maximum Gasteiger partial charge on any atom is 0.0701 e. The van der Waals surface area contributed by atoms with Gasteiger partial charge in [0, 0.05) is 6.61 Å². The SMILES string of the molecule is CCCC(C)CCCCCOCCOCCOCCOCCO. The molecular weight excluding hydrogens is 296 g/mol. The topological polar surface area (TPSA) is 57.2 Å². The molecule has 0 aliphatic carbocycles. The average molecular weight is 334 g/mol. The van der Waals surface area contributed by atoms with Gasteiger partial charge in [-0.1, -0.05) is 46.0 Å². The van der Waals surface area contributed by atoms with E-state index in [1.54, 1.807) is 0 Å². The van der Waals surface area contributed by atoms with Crippen molar-refractivity contribution in [3.05, 3.63) is 0 Å². The Hall–Kier alpha value is -0.200. The van der Waals surface area contributed by atoms with Crippen molar-refractivity contribution < 1.29 is 24.1 Å². The molecule has 1 unspecified atom stereocenters. The molecule has 5 heteroatoms. The molecule has 140 valence electrons. The molecule has 1 N–H and O–H groups in total. The van der Waals surface area contributed by atoms with Gasteiger partial charge in [0.25, 0.3) is 0 Å². The first kappa shape index (κ1) is 22.8. The lowest BCUT2D eigenvalue weighted by Gasteiger charge is -2.09. The van der Waals surface area contributed by atoms with E-state index in [4.69, 9.17) is 24.1 Å². The van der Waals surface area contributed by atoms with E-state index in [2.05, 4.69) is 13.8 Å². The maximum absolute atomic E-state index is 8.51. The fourth-order valence-electron chi connectivity index (χ4n) is 2.34. The average Bonchev–Trinajstić information content (AvgIpc) is 2.54. The molecule has 0 saturated carbocycles. The lowest BCUT2D eigenvalue weighted by Crippen LogP contribution is -2.12. The van der Waals surface area contributed by atoms with Crippen LogP contribution in [0.4, 0.5) is 0 Å². The molecule has 0 radical (unpaired) electrons. The summed E-state index contributed by atoms with van der Waals surface area (Å²) in [5.41, 5.74) is 0. The van der Waals surface area contributed by atoms with Crippen molar-refractivity contribution >= 4 is 0 Å². The lowest BCUT2D eigenvalue weighted by molar-refractivity contribution is -0.00578. The normalized spacial score (nSPS) is 12.7. The zero-order valence-electron chi connectivity index (χ0n) is 15.3. The van der Waals surface area contributed by atoms with E-state index in [0.717, 1.165) is 18.9 Å². The molecule has 0 fully saturated rings. The van der Waals surface area contributed by atoms with Crippen molar-refractivity contribution in [2.45, 2.75) is 52.4 Å². The number of unbranched alkanes of at least 4 members (excludes halogenated alkanes) is 2. The minimum Gasteiger partial charge on any atom is -0.394 e. The third kappa shape index (κ3) is 19.8. The van der Waals surface area contributed by atoms with Crippen LogP contribution in [0.5, 0.6) is 0 Å². The molecule has 5 nitrogen and oxygen atoms in total. The van der Waals surface area contributed by atoms with E-state index in [9.17, 15) is 0 Å². The highest BCUT2D eigenvalue weighted by atomic mass is 16.6. The standard InChI is InChI=1S/C18H38O5/c1-3-7-18(2)8-5-4-6-10-20-12-14-22-16-17-23-15-13-21-11-9-19/h18-19H,3-17H2,1-2H3. The third-order valence-corrected chi connectivity index (χ3v) is 3.62. The van der Waals surface area contributed by atoms with Gasteiger partial charge in [0.1, 0.15) is 0 Å². The molecule has 0 aromatic carbocycles. The summed E-state index contributed by atoms with van der Waals surface area (Å²) >= 11 is 0. The van der Waals surface area contributed by atoms with E-state index < -0.39 is 0 Å². The summed E-state index contributed by atoms with van der Waals surface area (Å²) in [7, 11) is 0. The van der Waals surface area contributed by atoms with E-state index in [1.807, 2.05) is 0 Å². The number of aliphatic hydroxyl groups excluding tert-OH is 1. The van der Waals surface area contributed by atoms with Crippen LogP contribution in [0.3, 0.4) is 0 Å².